The van der Waals surface area contributed by atoms with E-state index >= 15 is 0 Å². The number of carbonyl (C=O) groups is 1. The first-order valence-electron chi connectivity index (χ1n) is 7.34. The number of ether oxygens (including phenoxy) is 1. The molecule has 23 heavy (non-hydrogen) atoms. The van der Waals surface area contributed by atoms with Crippen LogP contribution in [0.2, 0.25) is 0 Å². The zero-order valence-corrected chi connectivity index (χ0v) is 12.5. The van der Waals surface area contributed by atoms with Crippen molar-refractivity contribution in [3.63, 3.8) is 0 Å². The maximum atomic E-state index is 12.6. The van der Waals surface area contributed by atoms with E-state index in [0.29, 0.717) is 11.3 Å². The number of H-pyrrole nitrogens is 1. The summed E-state index contributed by atoms with van der Waals surface area (Å²) in [6.07, 6.45) is 1.66. The highest BCUT2D eigenvalue weighted by Crippen LogP contribution is 2.30. The second-order valence-electron chi connectivity index (χ2n) is 5.22. The molecule has 116 valence electrons. The number of rotatable bonds is 5. The topological polar surface area (TPSA) is 62.3 Å². The Balaban J connectivity index is 1.88. The second kappa shape index (κ2) is 6.50. The average molecular weight is 307 g/mol. The van der Waals surface area contributed by atoms with Crippen LogP contribution in [0.5, 0.6) is 0 Å². The van der Waals surface area contributed by atoms with Crippen LogP contribution in [0, 0.1) is 0 Å². The van der Waals surface area contributed by atoms with Crippen LogP contribution in [0.3, 0.4) is 0 Å². The summed E-state index contributed by atoms with van der Waals surface area (Å²) >= 11 is 0. The molecule has 2 N–H and O–H groups in total. The first-order chi connectivity index (χ1) is 11.2. The molecular weight excluding hydrogens is 290 g/mol. The van der Waals surface area contributed by atoms with Crippen LogP contribution in [-0.4, -0.2) is 16.1 Å². The predicted octanol–water partition coefficient (Wildman–Crippen LogP) is 2.99. The molecule has 0 aliphatic heterocycles. The molecule has 0 unspecified atom stereocenters. The van der Waals surface area contributed by atoms with Gasteiger partial charge in [-0.15, -0.1) is 0 Å². The van der Waals surface area contributed by atoms with Crippen molar-refractivity contribution in [1.82, 2.24) is 4.98 Å². The summed E-state index contributed by atoms with van der Waals surface area (Å²) in [5.41, 5.74) is -0.162. The van der Waals surface area contributed by atoms with Gasteiger partial charge in [0.15, 0.2) is 0 Å². The Kier molecular flexibility index (Phi) is 4.26. The Morgan fingerprint density at radius 3 is 2.22 bits per heavy atom. The zero-order valence-electron chi connectivity index (χ0n) is 12.5. The molecule has 1 atom stereocenters. The fourth-order valence-corrected chi connectivity index (χ4v) is 2.45. The number of aliphatic hydroxyl groups is 1. The monoisotopic (exact) mass is 307 g/mol. The van der Waals surface area contributed by atoms with Gasteiger partial charge < -0.3 is 14.8 Å². The summed E-state index contributed by atoms with van der Waals surface area (Å²) in [5, 5.41) is 11.1. The van der Waals surface area contributed by atoms with Crippen molar-refractivity contribution in [3.8, 4) is 0 Å². The molecule has 0 spiro atoms. The van der Waals surface area contributed by atoms with Gasteiger partial charge in [-0.3, -0.25) is 0 Å². The zero-order chi connectivity index (χ0) is 16.1. The minimum Gasteiger partial charge on any atom is -0.458 e. The maximum Gasteiger partial charge on any atom is 0.349 e. The van der Waals surface area contributed by atoms with Crippen LogP contribution in [-0.2, 0) is 21.7 Å². The van der Waals surface area contributed by atoms with E-state index in [1.54, 1.807) is 42.6 Å². The Morgan fingerprint density at radius 1 is 0.957 bits per heavy atom. The molecule has 4 nitrogen and oxygen atoms in total. The van der Waals surface area contributed by atoms with Gasteiger partial charge in [0.2, 0.25) is 5.60 Å². The lowest BCUT2D eigenvalue weighted by Crippen LogP contribution is -2.38. The number of benzene rings is 2. The first kappa shape index (κ1) is 15.1. The molecule has 1 heterocycles. The third-order valence-electron chi connectivity index (χ3n) is 3.69. The lowest BCUT2D eigenvalue weighted by atomic mass is 9.90. The summed E-state index contributed by atoms with van der Waals surface area (Å²) in [5.74, 6) is -0.713. The van der Waals surface area contributed by atoms with Gasteiger partial charge in [0.05, 0.1) is 5.69 Å². The minimum absolute atomic E-state index is 0.107. The Bertz CT molecular complexity index is 754. The summed E-state index contributed by atoms with van der Waals surface area (Å²) in [7, 11) is 0. The number of nitrogens with one attached hydrogen (secondary N) is 1. The average Bonchev–Trinajstić information content (AvgIpc) is 3.15. The van der Waals surface area contributed by atoms with E-state index in [4.69, 9.17) is 4.74 Å². The van der Waals surface area contributed by atoms with Gasteiger partial charge in [0.25, 0.3) is 0 Å². The van der Waals surface area contributed by atoms with Gasteiger partial charge in [-0.25, -0.2) is 4.79 Å². The van der Waals surface area contributed by atoms with E-state index in [1.807, 2.05) is 36.4 Å². The van der Waals surface area contributed by atoms with Crippen molar-refractivity contribution in [2.75, 3.05) is 0 Å². The molecule has 0 radical (unpaired) electrons. The smallest absolute Gasteiger partial charge is 0.349 e. The lowest BCUT2D eigenvalue weighted by molar-refractivity contribution is -0.164. The summed E-state index contributed by atoms with van der Waals surface area (Å²) in [6.45, 7) is 0.107. The largest absolute Gasteiger partial charge is 0.458 e. The molecule has 0 bridgehead atoms. The Morgan fingerprint density at radius 2 is 1.61 bits per heavy atom. The van der Waals surface area contributed by atoms with Crippen molar-refractivity contribution < 1.29 is 14.6 Å². The first-order valence-corrected chi connectivity index (χ1v) is 7.34. The maximum absolute atomic E-state index is 12.6. The van der Waals surface area contributed by atoms with Gasteiger partial charge in [0, 0.05) is 11.8 Å². The van der Waals surface area contributed by atoms with Crippen LogP contribution in [0.15, 0.2) is 79.0 Å². The quantitative estimate of drug-likeness (QED) is 0.712. The van der Waals surface area contributed by atoms with Crippen molar-refractivity contribution in [2.45, 2.75) is 12.2 Å². The molecule has 4 heteroatoms. The summed E-state index contributed by atoms with van der Waals surface area (Å²) in [6, 6.07) is 21.5. The number of aromatic nitrogens is 1. The molecule has 0 amide bonds. The molecule has 0 aliphatic carbocycles. The molecule has 2 aromatic carbocycles. The van der Waals surface area contributed by atoms with Gasteiger partial charge >= 0.3 is 5.97 Å². The molecule has 0 saturated carbocycles. The van der Waals surface area contributed by atoms with Gasteiger partial charge in [-0.2, -0.15) is 0 Å². The third-order valence-corrected chi connectivity index (χ3v) is 3.69. The van der Waals surface area contributed by atoms with E-state index in [-0.39, 0.29) is 6.61 Å². The second-order valence-corrected chi connectivity index (χ2v) is 5.22. The van der Waals surface area contributed by atoms with Gasteiger partial charge in [-0.05, 0) is 17.7 Å². The highest BCUT2D eigenvalue weighted by molar-refractivity contribution is 5.84. The fourth-order valence-electron chi connectivity index (χ4n) is 2.45. The molecule has 3 rings (SSSR count). The van der Waals surface area contributed by atoms with Crippen LogP contribution < -0.4 is 0 Å². The SMILES string of the molecule is O=C(OCc1ccccc1)[C@@](O)(c1ccccc1)c1ccc[nH]1. The van der Waals surface area contributed by atoms with Crippen LogP contribution in [0.1, 0.15) is 16.8 Å². The predicted molar refractivity (Wildman–Crippen MR) is 86.5 cm³/mol. The standard InChI is InChI=1S/C19H17NO3/c21-18(23-14-15-8-3-1-4-9-15)19(22,17-12-7-13-20-17)16-10-5-2-6-11-16/h1-13,20,22H,14H2/t19-/m1/s1. The van der Waals surface area contributed by atoms with Crippen molar-refractivity contribution in [3.05, 3.63) is 95.8 Å². The van der Waals surface area contributed by atoms with Gasteiger partial charge in [0.1, 0.15) is 6.61 Å². The molecule has 0 saturated heterocycles. The van der Waals surface area contributed by atoms with Crippen molar-refractivity contribution in [2.24, 2.45) is 0 Å². The normalized spacial score (nSPS) is 13.3. The van der Waals surface area contributed by atoms with Crippen LogP contribution in [0.25, 0.3) is 0 Å². The van der Waals surface area contributed by atoms with Crippen molar-refractivity contribution >= 4 is 5.97 Å². The molecule has 3 aromatic rings. The highest BCUT2D eigenvalue weighted by atomic mass is 16.5. The number of carbonyl (C=O) groups excluding carboxylic acids is 1. The summed E-state index contributed by atoms with van der Waals surface area (Å²) < 4.78 is 5.36. The molecule has 1 aromatic heterocycles. The van der Waals surface area contributed by atoms with Gasteiger partial charge in [-0.1, -0.05) is 60.7 Å². The van der Waals surface area contributed by atoms with E-state index in [0.717, 1.165) is 5.56 Å². The van der Waals surface area contributed by atoms with E-state index in [9.17, 15) is 9.90 Å². The Hall–Kier alpha value is -2.85. The van der Waals surface area contributed by atoms with Crippen LogP contribution in [0.4, 0.5) is 0 Å². The fraction of sp³-hybridized carbons (Fsp3) is 0.105. The minimum atomic E-state index is -1.86. The summed E-state index contributed by atoms with van der Waals surface area (Å²) in [4.78, 5) is 15.5. The van der Waals surface area contributed by atoms with E-state index in [2.05, 4.69) is 4.98 Å². The molecule has 0 aliphatic rings. The number of hydrogen-bond donors (Lipinski definition) is 2. The Labute approximate surface area is 134 Å². The number of esters is 1. The lowest BCUT2D eigenvalue weighted by Gasteiger charge is -2.25. The van der Waals surface area contributed by atoms with E-state index in [1.165, 1.54) is 0 Å². The molecule has 0 fully saturated rings. The van der Waals surface area contributed by atoms with E-state index < -0.39 is 11.6 Å². The number of aromatic amines is 1. The third kappa shape index (κ3) is 3.03. The molecular formula is C19H17NO3. The van der Waals surface area contributed by atoms with Crippen molar-refractivity contribution in [1.29, 1.82) is 0 Å². The highest BCUT2D eigenvalue weighted by Gasteiger charge is 2.42. The number of hydrogen-bond acceptors (Lipinski definition) is 3. The van der Waals surface area contributed by atoms with Crippen LogP contribution >= 0.6 is 0 Å².